The maximum absolute atomic E-state index is 6.14. The number of benzene rings is 1. The summed E-state index contributed by atoms with van der Waals surface area (Å²) in [7, 11) is 0. The first-order chi connectivity index (χ1) is 9.76. The molecule has 0 aliphatic rings. The molecule has 0 unspecified atom stereocenters. The zero-order valence-corrected chi connectivity index (χ0v) is 12.6. The number of hydrogen-bond acceptors (Lipinski definition) is 2. The van der Waals surface area contributed by atoms with Crippen molar-refractivity contribution in [2.75, 3.05) is 5.73 Å². The molecule has 1 aromatic carbocycles. The number of nitrogens with two attached hydrogens (primary N) is 1. The van der Waals surface area contributed by atoms with Crippen molar-refractivity contribution in [3.8, 4) is 0 Å². The number of unbranched alkanes of at least 4 members (excludes halogenated alkanes) is 1. The summed E-state index contributed by atoms with van der Waals surface area (Å²) in [4.78, 5) is 0. The molecular formula is C17H25N3. The predicted octanol–water partition coefficient (Wildman–Crippen LogP) is 3.61. The van der Waals surface area contributed by atoms with E-state index in [9.17, 15) is 0 Å². The molecule has 0 saturated heterocycles. The Morgan fingerprint density at radius 3 is 2.45 bits per heavy atom. The number of aromatic nitrogens is 2. The maximum atomic E-state index is 6.14. The van der Waals surface area contributed by atoms with E-state index in [0.717, 1.165) is 43.6 Å². The molecule has 0 atom stereocenters. The van der Waals surface area contributed by atoms with Gasteiger partial charge in [-0.3, -0.25) is 4.68 Å². The van der Waals surface area contributed by atoms with Gasteiger partial charge in [-0.15, -0.1) is 0 Å². The Balaban J connectivity index is 1.88. The van der Waals surface area contributed by atoms with Crippen LogP contribution in [0.5, 0.6) is 0 Å². The predicted molar refractivity (Wildman–Crippen MR) is 84.8 cm³/mol. The lowest BCUT2D eigenvalue weighted by atomic mass is 10.1. The van der Waals surface area contributed by atoms with Crippen molar-refractivity contribution in [2.45, 2.75) is 52.5 Å². The molecule has 0 radical (unpaired) electrons. The first-order valence-corrected chi connectivity index (χ1v) is 7.64. The van der Waals surface area contributed by atoms with Gasteiger partial charge in [0.25, 0.3) is 0 Å². The Morgan fingerprint density at radius 1 is 1.05 bits per heavy atom. The summed E-state index contributed by atoms with van der Waals surface area (Å²) in [6, 6.07) is 10.7. The molecule has 0 fully saturated rings. The van der Waals surface area contributed by atoms with Gasteiger partial charge in [-0.05, 0) is 37.7 Å². The van der Waals surface area contributed by atoms with Gasteiger partial charge in [-0.25, -0.2) is 0 Å². The van der Waals surface area contributed by atoms with Crippen LogP contribution in [-0.4, -0.2) is 9.78 Å². The van der Waals surface area contributed by atoms with Crippen molar-refractivity contribution in [3.63, 3.8) is 0 Å². The third-order valence-corrected chi connectivity index (χ3v) is 3.77. The third kappa shape index (κ3) is 3.41. The minimum absolute atomic E-state index is 0.901. The van der Waals surface area contributed by atoms with E-state index in [4.69, 9.17) is 5.73 Å². The number of anilines is 1. The summed E-state index contributed by atoms with van der Waals surface area (Å²) < 4.78 is 2.11. The smallest absolute Gasteiger partial charge is 0.0854 e. The highest BCUT2D eigenvalue weighted by Gasteiger charge is 2.11. The van der Waals surface area contributed by atoms with Crippen LogP contribution in [0.1, 0.15) is 43.6 Å². The molecule has 2 aromatic rings. The van der Waals surface area contributed by atoms with E-state index < -0.39 is 0 Å². The van der Waals surface area contributed by atoms with Gasteiger partial charge in [0.15, 0.2) is 0 Å². The minimum atomic E-state index is 0.901. The van der Waals surface area contributed by atoms with E-state index in [0.29, 0.717) is 0 Å². The molecule has 0 spiro atoms. The van der Waals surface area contributed by atoms with Crippen LogP contribution < -0.4 is 5.73 Å². The van der Waals surface area contributed by atoms with E-state index in [-0.39, 0.29) is 0 Å². The van der Waals surface area contributed by atoms with Gasteiger partial charge in [0.05, 0.1) is 17.1 Å². The lowest BCUT2D eigenvalue weighted by Gasteiger charge is -2.06. The summed E-state index contributed by atoms with van der Waals surface area (Å²) in [5, 5.41) is 4.64. The van der Waals surface area contributed by atoms with Gasteiger partial charge < -0.3 is 5.73 Å². The average Bonchev–Trinajstić information content (AvgIpc) is 2.80. The fourth-order valence-corrected chi connectivity index (χ4v) is 2.62. The fourth-order valence-electron chi connectivity index (χ4n) is 2.62. The summed E-state index contributed by atoms with van der Waals surface area (Å²) >= 11 is 0. The van der Waals surface area contributed by atoms with Crippen LogP contribution in [0.2, 0.25) is 0 Å². The van der Waals surface area contributed by atoms with Crippen LogP contribution in [-0.2, 0) is 25.8 Å². The lowest BCUT2D eigenvalue weighted by molar-refractivity contribution is 0.535. The molecule has 0 aliphatic carbocycles. The average molecular weight is 271 g/mol. The van der Waals surface area contributed by atoms with Crippen molar-refractivity contribution in [1.82, 2.24) is 9.78 Å². The number of nitrogens with zero attached hydrogens (tertiary/aromatic N) is 2. The molecule has 1 aromatic heterocycles. The van der Waals surface area contributed by atoms with Crippen molar-refractivity contribution in [1.29, 1.82) is 0 Å². The molecule has 2 N–H and O–H groups in total. The van der Waals surface area contributed by atoms with Gasteiger partial charge in [-0.1, -0.05) is 44.2 Å². The molecule has 1 heterocycles. The molecule has 3 nitrogen and oxygen atoms in total. The van der Waals surface area contributed by atoms with Crippen molar-refractivity contribution in [3.05, 3.63) is 47.3 Å². The SMILES string of the molecule is CCc1nn(CCCCc2ccccc2)c(CC)c1N. The Kier molecular flexibility index (Phi) is 5.22. The standard InChI is InChI=1S/C17H25N3/c1-3-15-17(18)16(4-2)20(19-15)13-9-8-12-14-10-6-5-7-11-14/h5-7,10-11H,3-4,8-9,12-13,18H2,1-2H3. The molecule has 0 aliphatic heterocycles. The Morgan fingerprint density at radius 2 is 1.80 bits per heavy atom. The van der Waals surface area contributed by atoms with Gasteiger partial charge in [-0.2, -0.15) is 5.10 Å². The molecule has 0 amide bonds. The molecule has 3 heteroatoms. The Hall–Kier alpha value is -1.77. The Labute approximate surface area is 121 Å². The number of rotatable bonds is 7. The van der Waals surface area contributed by atoms with Gasteiger partial charge in [0.2, 0.25) is 0 Å². The largest absolute Gasteiger partial charge is 0.396 e. The lowest BCUT2D eigenvalue weighted by Crippen LogP contribution is -2.06. The second-order valence-corrected chi connectivity index (χ2v) is 5.18. The summed E-state index contributed by atoms with van der Waals surface area (Å²) in [6.45, 7) is 5.23. The third-order valence-electron chi connectivity index (χ3n) is 3.77. The molecule has 20 heavy (non-hydrogen) atoms. The van der Waals surface area contributed by atoms with Crippen LogP contribution >= 0.6 is 0 Å². The highest BCUT2D eigenvalue weighted by atomic mass is 15.3. The van der Waals surface area contributed by atoms with E-state index in [1.807, 2.05) is 0 Å². The van der Waals surface area contributed by atoms with Crippen LogP contribution in [0.15, 0.2) is 30.3 Å². The summed E-state index contributed by atoms with van der Waals surface area (Å²) in [5.41, 5.74) is 10.7. The van der Waals surface area contributed by atoms with E-state index >= 15 is 0 Å². The molecule has 2 rings (SSSR count). The number of hydrogen-bond donors (Lipinski definition) is 1. The van der Waals surface area contributed by atoms with E-state index in [1.165, 1.54) is 17.7 Å². The zero-order valence-electron chi connectivity index (χ0n) is 12.6. The van der Waals surface area contributed by atoms with Crippen molar-refractivity contribution >= 4 is 5.69 Å². The van der Waals surface area contributed by atoms with E-state index in [1.54, 1.807) is 0 Å². The van der Waals surface area contributed by atoms with Crippen molar-refractivity contribution in [2.24, 2.45) is 0 Å². The number of aryl methyl sites for hydroxylation is 3. The Bertz CT molecular complexity index is 529. The number of nitrogen functional groups attached to an aromatic ring is 1. The molecule has 0 bridgehead atoms. The second kappa shape index (κ2) is 7.13. The van der Waals surface area contributed by atoms with Crippen LogP contribution in [0.25, 0.3) is 0 Å². The van der Waals surface area contributed by atoms with E-state index in [2.05, 4.69) is 54.0 Å². The summed E-state index contributed by atoms with van der Waals surface area (Å²) in [6.07, 6.45) is 5.34. The first-order valence-electron chi connectivity index (χ1n) is 7.64. The topological polar surface area (TPSA) is 43.8 Å². The highest BCUT2D eigenvalue weighted by molar-refractivity contribution is 5.48. The zero-order chi connectivity index (χ0) is 14.4. The van der Waals surface area contributed by atoms with Crippen LogP contribution in [0.4, 0.5) is 5.69 Å². The van der Waals surface area contributed by atoms with Gasteiger partial charge in [0.1, 0.15) is 0 Å². The highest BCUT2D eigenvalue weighted by Crippen LogP contribution is 2.19. The van der Waals surface area contributed by atoms with Crippen molar-refractivity contribution < 1.29 is 0 Å². The van der Waals surface area contributed by atoms with Crippen LogP contribution in [0.3, 0.4) is 0 Å². The van der Waals surface area contributed by atoms with Gasteiger partial charge in [0, 0.05) is 6.54 Å². The fraction of sp³-hybridized carbons (Fsp3) is 0.471. The molecule has 108 valence electrons. The van der Waals surface area contributed by atoms with Crippen LogP contribution in [0, 0.1) is 0 Å². The quantitative estimate of drug-likeness (QED) is 0.782. The maximum Gasteiger partial charge on any atom is 0.0854 e. The second-order valence-electron chi connectivity index (χ2n) is 5.18. The minimum Gasteiger partial charge on any atom is -0.396 e. The first kappa shape index (κ1) is 14.6. The molecular weight excluding hydrogens is 246 g/mol. The van der Waals surface area contributed by atoms with Gasteiger partial charge >= 0.3 is 0 Å². The molecule has 0 saturated carbocycles. The monoisotopic (exact) mass is 271 g/mol. The summed E-state index contributed by atoms with van der Waals surface area (Å²) in [5.74, 6) is 0. The normalized spacial score (nSPS) is 10.9.